The van der Waals surface area contributed by atoms with E-state index < -0.39 is 0 Å². The predicted molar refractivity (Wildman–Crippen MR) is 92.4 cm³/mol. The summed E-state index contributed by atoms with van der Waals surface area (Å²) in [5, 5.41) is 4.60. The summed E-state index contributed by atoms with van der Waals surface area (Å²) in [7, 11) is 0. The number of hydrogen-bond donors (Lipinski definition) is 1. The second-order valence-corrected chi connectivity index (χ2v) is 6.26. The Balaban J connectivity index is 2.65. The molecule has 0 spiro atoms. The number of thiocarbonyl (C=S) groups is 1. The van der Waals surface area contributed by atoms with Gasteiger partial charge in [0.1, 0.15) is 10.8 Å². The number of benzene rings is 1. The van der Waals surface area contributed by atoms with Gasteiger partial charge in [-0.25, -0.2) is 9.67 Å². The van der Waals surface area contributed by atoms with Crippen LogP contribution in [0.3, 0.4) is 0 Å². The standard InChI is InChI=1S/C15H20N4S2/c1-4-12-17-13(5-2)19(18-12)10-8-7-9-11(21-6-3)14(10)15(16)20/h7-9H,4-6H2,1-3H3,(H2,16,20). The van der Waals surface area contributed by atoms with Crippen molar-refractivity contribution in [1.82, 2.24) is 14.8 Å². The van der Waals surface area contributed by atoms with E-state index in [1.54, 1.807) is 11.8 Å². The molecular weight excluding hydrogens is 300 g/mol. The van der Waals surface area contributed by atoms with Gasteiger partial charge < -0.3 is 5.73 Å². The van der Waals surface area contributed by atoms with Gasteiger partial charge in [-0.3, -0.25) is 0 Å². The number of thioether (sulfide) groups is 1. The summed E-state index contributed by atoms with van der Waals surface area (Å²) >= 11 is 7.00. The molecule has 6 heteroatoms. The highest BCUT2D eigenvalue weighted by Gasteiger charge is 2.17. The van der Waals surface area contributed by atoms with Crippen LogP contribution in [-0.2, 0) is 12.8 Å². The smallest absolute Gasteiger partial charge is 0.151 e. The fourth-order valence-electron chi connectivity index (χ4n) is 2.18. The summed E-state index contributed by atoms with van der Waals surface area (Å²) in [6.07, 6.45) is 1.63. The zero-order valence-electron chi connectivity index (χ0n) is 12.6. The van der Waals surface area contributed by atoms with E-state index in [-0.39, 0.29) is 0 Å². The molecule has 0 radical (unpaired) electrons. The minimum absolute atomic E-state index is 0.400. The average Bonchev–Trinajstić information content (AvgIpc) is 2.90. The summed E-state index contributed by atoms with van der Waals surface area (Å²) < 4.78 is 1.88. The molecule has 0 fully saturated rings. The first-order valence-corrected chi connectivity index (χ1v) is 8.52. The van der Waals surface area contributed by atoms with Crippen molar-refractivity contribution in [1.29, 1.82) is 0 Å². The largest absolute Gasteiger partial charge is 0.389 e. The normalized spacial score (nSPS) is 10.8. The molecule has 4 nitrogen and oxygen atoms in total. The molecule has 21 heavy (non-hydrogen) atoms. The van der Waals surface area contributed by atoms with Gasteiger partial charge in [-0.1, -0.05) is 39.1 Å². The van der Waals surface area contributed by atoms with Crippen molar-refractivity contribution in [2.75, 3.05) is 5.75 Å². The zero-order chi connectivity index (χ0) is 15.4. The third kappa shape index (κ3) is 3.27. The molecule has 0 unspecified atom stereocenters. The molecule has 0 aliphatic heterocycles. The Labute approximate surface area is 135 Å². The highest BCUT2D eigenvalue weighted by Crippen LogP contribution is 2.28. The maximum absolute atomic E-state index is 5.97. The van der Waals surface area contributed by atoms with E-state index in [9.17, 15) is 0 Å². The van der Waals surface area contributed by atoms with Crippen LogP contribution in [0.1, 0.15) is 38.0 Å². The van der Waals surface area contributed by atoms with Crippen LogP contribution in [0.25, 0.3) is 5.69 Å². The molecule has 2 rings (SSSR count). The number of rotatable bonds is 6. The van der Waals surface area contributed by atoms with Gasteiger partial charge in [-0.2, -0.15) is 5.10 Å². The fourth-order valence-corrected chi connectivity index (χ4v) is 3.31. The molecule has 0 saturated heterocycles. The first-order chi connectivity index (χ1) is 10.1. The Morgan fingerprint density at radius 2 is 2.05 bits per heavy atom. The van der Waals surface area contributed by atoms with E-state index in [0.717, 1.165) is 46.4 Å². The van der Waals surface area contributed by atoms with Gasteiger partial charge in [0.05, 0.1) is 5.69 Å². The van der Waals surface area contributed by atoms with Crippen LogP contribution < -0.4 is 5.73 Å². The Bertz CT molecular complexity index is 649. The van der Waals surface area contributed by atoms with Gasteiger partial charge in [0, 0.05) is 23.3 Å². The van der Waals surface area contributed by atoms with Crippen molar-refractivity contribution in [2.45, 2.75) is 38.5 Å². The van der Waals surface area contributed by atoms with Crippen molar-refractivity contribution in [2.24, 2.45) is 5.73 Å². The van der Waals surface area contributed by atoms with Gasteiger partial charge in [-0.05, 0) is 17.9 Å². The van der Waals surface area contributed by atoms with E-state index in [1.807, 2.05) is 16.8 Å². The summed E-state index contributed by atoms with van der Waals surface area (Å²) in [6, 6.07) is 6.07. The maximum atomic E-state index is 5.97. The summed E-state index contributed by atoms with van der Waals surface area (Å²) in [4.78, 5) is 6.06. The van der Waals surface area contributed by atoms with Crippen LogP contribution in [0.5, 0.6) is 0 Å². The van der Waals surface area contributed by atoms with E-state index in [2.05, 4.69) is 36.9 Å². The lowest BCUT2D eigenvalue weighted by atomic mass is 10.1. The second-order valence-electron chi connectivity index (χ2n) is 4.51. The van der Waals surface area contributed by atoms with E-state index in [1.165, 1.54) is 0 Å². The lowest BCUT2D eigenvalue weighted by Crippen LogP contribution is -2.16. The molecule has 1 aromatic carbocycles. The van der Waals surface area contributed by atoms with Crippen molar-refractivity contribution in [3.8, 4) is 5.69 Å². The molecule has 112 valence electrons. The number of hydrogen-bond acceptors (Lipinski definition) is 4. The summed E-state index contributed by atoms with van der Waals surface area (Å²) in [5.41, 5.74) is 7.78. The second kappa shape index (κ2) is 7.04. The molecule has 0 amide bonds. The van der Waals surface area contributed by atoms with Crippen molar-refractivity contribution in [3.63, 3.8) is 0 Å². The topological polar surface area (TPSA) is 56.7 Å². The van der Waals surface area contributed by atoms with Crippen LogP contribution in [0.4, 0.5) is 0 Å². The molecule has 0 aliphatic carbocycles. The molecule has 0 aliphatic rings. The molecule has 2 N–H and O–H groups in total. The SMILES string of the molecule is CCSc1cccc(-n2nc(CC)nc2CC)c1C(N)=S. The molecule has 0 atom stereocenters. The van der Waals surface area contributed by atoms with Gasteiger partial charge in [0.2, 0.25) is 0 Å². The van der Waals surface area contributed by atoms with Crippen molar-refractivity contribution in [3.05, 3.63) is 35.4 Å². The number of nitrogens with two attached hydrogens (primary N) is 1. The van der Waals surface area contributed by atoms with Crippen LogP contribution in [0.15, 0.2) is 23.1 Å². The van der Waals surface area contributed by atoms with E-state index in [4.69, 9.17) is 18.0 Å². The van der Waals surface area contributed by atoms with E-state index >= 15 is 0 Å². The number of aryl methyl sites for hydroxylation is 2. The predicted octanol–water partition coefficient (Wildman–Crippen LogP) is 3.14. The van der Waals surface area contributed by atoms with Crippen LogP contribution in [0.2, 0.25) is 0 Å². The zero-order valence-corrected chi connectivity index (χ0v) is 14.2. The minimum Gasteiger partial charge on any atom is -0.389 e. The van der Waals surface area contributed by atoms with Crippen molar-refractivity contribution < 1.29 is 0 Å². The number of nitrogens with zero attached hydrogens (tertiary/aromatic N) is 3. The van der Waals surface area contributed by atoms with Crippen LogP contribution >= 0.6 is 24.0 Å². The lowest BCUT2D eigenvalue weighted by molar-refractivity contribution is 0.787. The summed E-state index contributed by atoms with van der Waals surface area (Å²) in [6.45, 7) is 6.24. The Kier molecular flexibility index (Phi) is 5.36. The van der Waals surface area contributed by atoms with Crippen LogP contribution in [0, 0.1) is 0 Å². The molecule has 1 heterocycles. The molecular formula is C15H20N4S2. The van der Waals surface area contributed by atoms with Crippen molar-refractivity contribution >= 4 is 29.0 Å². The first-order valence-electron chi connectivity index (χ1n) is 7.13. The van der Waals surface area contributed by atoms with E-state index in [0.29, 0.717) is 4.99 Å². The Morgan fingerprint density at radius 3 is 2.62 bits per heavy atom. The quantitative estimate of drug-likeness (QED) is 0.654. The van der Waals surface area contributed by atoms with Gasteiger partial charge in [0.25, 0.3) is 0 Å². The molecule has 0 saturated carbocycles. The van der Waals surface area contributed by atoms with Gasteiger partial charge >= 0.3 is 0 Å². The minimum atomic E-state index is 0.400. The fraction of sp³-hybridized carbons (Fsp3) is 0.400. The average molecular weight is 320 g/mol. The van der Waals surface area contributed by atoms with Crippen LogP contribution in [-0.4, -0.2) is 25.5 Å². The summed E-state index contributed by atoms with van der Waals surface area (Å²) in [5.74, 6) is 2.74. The Morgan fingerprint density at radius 1 is 1.29 bits per heavy atom. The lowest BCUT2D eigenvalue weighted by Gasteiger charge is -2.14. The van der Waals surface area contributed by atoms with Gasteiger partial charge in [-0.15, -0.1) is 11.8 Å². The molecule has 0 bridgehead atoms. The molecule has 1 aromatic heterocycles. The maximum Gasteiger partial charge on any atom is 0.151 e. The third-order valence-electron chi connectivity index (χ3n) is 3.13. The third-order valence-corrected chi connectivity index (χ3v) is 4.27. The number of aromatic nitrogens is 3. The Hall–Kier alpha value is -1.40. The molecule has 2 aromatic rings. The monoisotopic (exact) mass is 320 g/mol. The van der Waals surface area contributed by atoms with Gasteiger partial charge in [0.15, 0.2) is 5.82 Å². The highest BCUT2D eigenvalue weighted by molar-refractivity contribution is 7.99. The first kappa shape index (κ1) is 16.0. The highest BCUT2D eigenvalue weighted by atomic mass is 32.2.